The van der Waals surface area contributed by atoms with Crippen LogP contribution < -0.4 is 5.32 Å². The summed E-state index contributed by atoms with van der Waals surface area (Å²) in [5.74, 6) is -3.06. The maximum atomic E-state index is 13.5. The van der Waals surface area contributed by atoms with E-state index in [0.717, 1.165) is 0 Å². The number of esters is 1. The van der Waals surface area contributed by atoms with Crippen molar-refractivity contribution in [3.63, 3.8) is 0 Å². The second-order valence-corrected chi connectivity index (χ2v) is 9.75. The quantitative estimate of drug-likeness (QED) is 0.443. The molecule has 7 atom stereocenters. The third-order valence-corrected chi connectivity index (χ3v) is 7.58. The summed E-state index contributed by atoms with van der Waals surface area (Å²) in [6.45, 7) is 3.19. The molecule has 1 aromatic rings. The molecule has 3 aliphatic heterocycles. The lowest BCUT2D eigenvalue weighted by molar-refractivity contribution is -0.155. The second kappa shape index (κ2) is 8.35. The predicted octanol–water partition coefficient (Wildman–Crippen LogP) is 1.97. The number of rotatable bonds is 6. The van der Waals surface area contributed by atoms with E-state index in [2.05, 4.69) is 21.2 Å². The van der Waals surface area contributed by atoms with E-state index < -0.39 is 47.5 Å². The van der Waals surface area contributed by atoms with Gasteiger partial charge in [-0.3, -0.25) is 14.4 Å². The minimum absolute atomic E-state index is 0.177. The normalized spacial score (nSPS) is 34.5. The Morgan fingerprint density at radius 2 is 2.16 bits per heavy atom. The number of anilines is 1. The van der Waals surface area contributed by atoms with Crippen molar-refractivity contribution in [2.45, 2.75) is 48.9 Å². The van der Waals surface area contributed by atoms with E-state index in [1.807, 2.05) is 0 Å². The summed E-state index contributed by atoms with van der Waals surface area (Å²) in [7, 11) is 0. The van der Waals surface area contributed by atoms with Crippen molar-refractivity contribution in [1.82, 2.24) is 4.90 Å². The van der Waals surface area contributed by atoms with E-state index in [9.17, 15) is 19.5 Å². The standard InChI is InChI=1S/C21H24BrClN2O6/c1-3-30-20(29)14-15-19(28)25(10(2)9-26)17(21(15)8-11(22)16(14)31-21)18(27)24-13-7-5-4-6-12(13)23/h4-7,10-11,14-17,26H,3,8-9H2,1-2H3,(H,24,27)/t10-,11?,14+,15-,16+,17+,21-/m1/s1. The Morgan fingerprint density at radius 3 is 2.81 bits per heavy atom. The van der Waals surface area contributed by atoms with Crippen LogP contribution in [0.25, 0.3) is 0 Å². The third-order valence-electron chi connectivity index (χ3n) is 6.40. The molecule has 2 N–H and O–H groups in total. The Labute approximate surface area is 193 Å². The van der Waals surface area contributed by atoms with Crippen molar-refractivity contribution in [1.29, 1.82) is 0 Å². The van der Waals surface area contributed by atoms with E-state index in [1.165, 1.54) is 4.90 Å². The number of fused-ring (bicyclic) bond motifs is 1. The molecule has 3 fully saturated rings. The number of para-hydroxylation sites is 1. The number of carbonyl (C=O) groups is 3. The average molecular weight is 516 g/mol. The number of nitrogens with zero attached hydrogens (tertiary/aromatic N) is 1. The molecule has 4 rings (SSSR count). The molecule has 0 saturated carbocycles. The number of alkyl halides is 1. The van der Waals surface area contributed by atoms with Gasteiger partial charge < -0.3 is 24.8 Å². The van der Waals surface area contributed by atoms with Gasteiger partial charge in [-0.1, -0.05) is 39.7 Å². The molecule has 1 unspecified atom stereocenters. The summed E-state index contributed by atoms with van der Waals surface area (Å²) < 4.78 is 11.5. The molecular weight excluding hydrogens is 492 g/mol. The van der Waals surface area contributed by atoms with E-state index in [1.54, 1.807) is 38.1 Å². The number of likely N-dealkylation sites (tertiary alicyclic amines) is 1. The molecule has 1 aromatic carbocycles. The van der Waals surface area contributed by atoms with E-state index in [0.29, 0.717) is 17.1 Å². The van der Waals surface area contributed by atoms with Crippen molar-refractivity contribution in [3.05, 3.63) is 29.3 Å². The van der Waals surface area contributed by atoms with Crippen LogP contribution in [0.2, 0.25) is 5.02 Å². The Morgan fingerprint density at radius 1 is 1.45 bits per heavy atom. The van der Waals surface area contributed by atoms with Gasteiger partial charge in [-0.15, -0.1) is 0 Å². The lowest BCUT2D eigenvalue weighted by Crippen LogP contribution is -2.56. The first kappa shape index (κ1) is 22.5. The molecule has 31 heavy (non-hydrogen) atoms. The fourth-order valence-corrected chi connectivity index (χ4v) is 6.33. The monoisotopic (exact) mass is 514 g/mol. The second-order valence-electron chi connectivity index (χ2n) is 8.16. The highest BCUT2D eigenvalue weighted by Gasteiger charge is 2.77. The number of benzene rings is 1. The van der Waals surface area contributed by atoms with Crippen molar-refractivity contribution in [3.8, 4) is 0 Å². The van der Waals surface area contributed by atoms with Crippen molar-refractivity contribution >= 4 is 51.0 Å². The lowest BCUT2D eigenvalue weighted by atomic mass is 9.70. The number of carbonyl (C=O) groups excluding carboxylic acids is 3. The number of nitrogens with one attached hydrogen (secondary N) is 1. The molecule has 3 aliphatic rings. The van der Waals surface area contributed by atoms with Crippen molar-refractivity contribution in [2.75, 3.05) is 18.5 Å². The molecule has 3 heterocycles. The zero-order valence-corrected chi connectivity index (χ0v) is 19.4. The number of hydrogen-bond acceptors (Lipinski definition) is 6. The highest BCUT2D eigenvalue weighted by molar-refractivity contribution is 9.09. The molecular formula is C21H24BrClN2O6. The zero-order chi connectivity index (χ0) is 22.5. The van der Waals surface area contributed by atoms with Crippen LogP contribution in [-0.4, -0.2) is 69.6 Å². The van der Waals surface area contributed by atoms with Gasteiger partial charge in [-0.2, -0.15) is 0 Å². The van der Waals surface area contributed by atoms with Gasteiger partial charge in [0, 0.05) is 4.83 Å². The van der Waals surface area contributed by atoms with Crippen LogP contribution in [0, 0.1) is 11.8 Å². The summed E-state index contributed by atoms with van der Waals surface area (Å²) in [6.07, 6.45) is -0.200. The fourth-order valence-electron chi connectivity index (χ4n) is 5.20. The number of hydrogen-bond donors (Lipinski definition) is 2. The smallest absolute Gasteiger partial charge is 0.312 e. The highest BCUT2D eigenvalue weighted by atomic mass is 79.9. The van der Waals surface area contributed by atoms with Gasteiger partial charge in [-0.25, -0.2) is 0 Å². The molecule has 2 amide bonds. The summed E-state index contributed by atoms with van der Waals surface area (Å²) in [5.41, 5.74) is -0.801. The van der Waals surface area contributed by atoms with Crippen LogP contribution in [0.15, 0.2) is 24.3 Å². The zero-order valence-electron chi connectivity index (χ0n) is 17.1. The highest BCUT2D eigenvalue weighted by Crippen LogP contribution is 2.60. The van der Waals surface area contributed by atoms with Gasteiger partial charge in [0.1, 0.15) is 11.6 Å². The molecule has 8 nitrogen and oxygen atoms in total. The van der Waals surface area contributed by atoms with Gasteiger partial charge in [-0.05, 0) is 32.4 Å². The lowest BCUT2D eigenvalue weighted by Gasteiger charge is -2.35. The van der Waals surface area contributed by atoms with Crippen LogP contribution in [-0.2, 0) is 23.9 Å². The predicted molar refractivity (Wildman–Crippen MR) is 116 cm³/mol. The Balaban J connectivity index is 1.76. The van der Waals surface area contributed by atoms with E-state index in [4.69, 9.17) is 21.1 Å². The summed E-state index contributed by atoms with van der Waals surface area (Å²) in [4.78, 5) is 41.0. The fraction of sp³-hybridized carbons (Fsp3) is 0.571. The SMILES string of the molecule is CCOC(=O)[C@@H]1[C@H]2O[C@@]3(CC2Br)[C@H](C(=O)Nc2ccccc2Cl)N([C@H](C)CO)C(=O)[C@@H]13. The molecule has 10 heteroatoms. The van der Waals surface area contributed by atoms with Crippen LogP contribution in [0.4, 0.5) is 5.69 Å². The molecule has 2 bridgehead atoms. The van der Waals surface area contributed by atoms with Crippen LogP contribution >= 0.6 is 27.5 Å². The summed E-state index contributed by atoms with van der Waals surface area (Å²) in [6, 6.07) is 5.11. The minimum Gasteiger partial charge on any atom is -0.466 e. The summed E-state index contributed by atoms with van der Waals surface area (Å²) >= 11 is 9.78. The topological polar surface area (TPSA) is 105 Å². The third kappa shape index (κ3) is 3.37. The van der Waals surface area contributed by atoms with E-state index in [-0.39, 0.29) is 23.9 Å². The number of aliphatic hydroxyl groups excluding tert-OH is 1. The van der Waals surface area contributed by atoms with Gasteiger partial charge in [0.05, 0.1) is 47.9 Å². The largest absolute Gasteiger partial charge is 0.466 e. The first-order chi connectivity index (χ1) is 14.8. The number of aliphatic hydroxyl groups is 1. The number of amides is 2. The molecule has 3 saturated heterocycles. The van der Waals surface area contributed by atoms with Crippen molar-refractivity contribution < 1.29 is 29.0 Å². The van der Waals surface area contributed by atoms with Crippen molar-refractivity contribution in [2.24, 2.45) is 11.8 Å². The Bertz CT molecular complexity index is 916. The molecule has 0 aliphatic carbocycles. The minimum atomic E-state index is -1.21. The maximum absolute atomic E-state index is 13.5. The number of halogens is 2. The first-order valence-electron chi connectivity index (χ1n) is 10.2. The van der Waals surface area contributed by atoms with Gasteiger partial charge >= 0.3 is 5.97 Å². The molecule has 168 valence electrons. The maximum Gasteiger partial charge on any atom is 0.312 e. The first-order valence-corrected chi connectivity index (χ1v) is 11.5. The average Bonchev–Trinajstić information content (AvgIpc) is 3.32. The Kier molecular flexibility index (Phi) is 6.06. The van der Waals surface area contributed by atoms with Crippen LogP contribution in [0.1, 0.15) is 20.3 Å². The van der Waals surface area contributed by atoms with E-state index >= 15 is 0 Å². The molecule has 1 spiro atoms. The van der Waals surface area contributed by atoms with Crippen LogP contribution in [0.5, 0.6) is 0 Å². The molecule has 0 aromatic heterocycles. The van der Waals surface area contributed by atoms with Gasteiger partial charge in [0.15, 0.2) is 0 Å². The van der Waals surface area contributed by atoms with Gasteiger partial charge in [0.25, 0.3) is 0 Å². The Hall–Kier alpha value is -1.68. The van der Waals surface area contributed by atoms with Gasteiger partial charge in [0.2, 0.25) is 11.8 Å². The van der Waals surface area contributed by atoms with Crippen LogP contribution in [0.3, 0.4) is 0 Å². The number of ether oxygens (including phenoxy) is 2. The molecule has 0 radical (unpaired) electrons. The summed E-state index contributed by atoms with van der Waals surface area (Å²) in [5, 5.41) is 13.0.